The summed E-state index contributed by atoms with van der Waals surface area (Å²) in [4.78, 5) is 31.1. The molecule has 1 spiro atoms. The maximum absolute atomic E-state index is 14.0. The minimum atomic E-state index is -0.549. The van der Waals surface area contributed by atoms with E-state index in [0.717, 1.165) is 43.6 Å². The number of nitrogens with zero attached hydrogens (tertiary/aromatic N) is 2. The first-order valence-corrected chi connectivity index (χ1v) is 11.4. The summed E-state index contributed by atoms with van der Waals surface area (Å²) in [6.07, 6.45) is 4.07. The molecule has 4 atom stereocenters. The van der Waals surface area contributed by atoms with E-state index >= 15 is 0 Å². The molecule has 2 fully saturated rings. The summed E-state index contributed by atoms with van der Waals surface area (Å²) in [5, 5.41) is 0. The molecule has 168 valence electrons. The third-order valence-electron chi connectivity index (χ3n) is 7.67. The van der Waals surface area contributed by atoms with Crippen LogP contribution in [0, 0.1) is 11.8 Å². The quantitative estimate of drug-likeness (QED) is 0.410. The van der Waals surface area contributed by atoms with Crippen molar-refractivity contribution in [2.24, 2.45) is 11.8 Å². The molecule has 0 bridgehead atoms. The van der Waals surface area contributed by atoms with Crippen LogP contribution in [-0.2, 0) is 24.5 Å². The van der Waals surface area contributed by atoms with Crippen molar-refractivity contribution < 1.29 is 19.1 Å². The number of carbonyl (C=O) groups excluding carboxylic acids is 2. The lowest BCUT2D eigenvalue weighted by molar-refractivity contribution is -0.137. The Balaban J connectivity index is 1.78. The minimum Gasteiger partial charge on any atom is -0.504 e. The van der Waals surface area contributed by atoms with Crippen LogP contribution in [0.15, 0.2) is 36.1 Å². The Labute approximate surface area is 185 Å². The van der Waals surface area contributed by atoms with Gasteiger partial charge < -0.3 is 14.4 Å². The molecule has 0 aromatic heterocycles. The first-order chi connectivity index (χ1) is 14.9. The number of carbonyl (C=O) groups is 2. The molecule has 1 aromatic carbocycles. The fourth-order valence-corrected chi connectivity index (χ4v) is 6.29. The van der Waals surface area contributed by atoms with Gasteiger partial charge in [0.25, 0.3) is 0 Å². The van der Waals surface area contributed by atoms with Crippen LogP contribution in [-0.4, -0.2) is 56.2 Å². The van der Waals surface area contributed by atoms with Crippen molar-refractivity contribution in [3.63, 3.8) is 0 Å². The summed E-state index contributed by atoms with van der Waals surface area (Å²) >= 11 is 0. The van der Waals surface area contributed by atoms with Gasteiger partial charge in [-0.1, -0.05) is 31.5 Å². The number of hydrogen-bond donors (Lipinski definition) is 0. The molecule has 4 rings (SSSR count). The smallest absolute Gasteiger partial charge is 0.337 e. The number of para-hydroxylation sites is 1. The number of methoxy groups -OCH3 is 2. The lowest BCUT2D eigenvalue weighted by atomic mass is 9.67. The van der Waals surface area contributed by atoms with Crippen LogP contribution in [0.4, 0.5) is 5.69 Å². The van der Waals surface area contributed by atoms with E-state index < -0.39 is 5.41 Å². The van der Waals surface area contributed by atoms with Gasteiger partial charge in [-0.15, -0.1) is 0 Å². The van der Waals surface area contributed by atoms with Gasteiger partial charge in [0.15, 0.2) is 0 Å². The van der Waals surface area contributed by atoms with E-state index in [9.17, 15) is 9.59 Å². The predicted molar refractivity (Wildman–Crippen MR) is 120 cm³/mol. The second-order valence-corrected chi connectivity index (χ2v) is 9.33. The van der Waals surface area contributed by atoms with Crippen LogP contribution in [0.3, 0.4) is 0 Å². The number of esters is 1. The highest BCUT2D eigenvalue weighted by Gasteiger charge is 2.62. The first kappa shape index (κ1) is 21.9. The molecule has 3 aliphatic heterocycles. The van der Waals surface area contributed by atoms with Crippen LogP contribution < -0.4 is 4.90 Å². The number of rotatable bonds is 5. The number of piperidine rings is 1. The zero-order chi connectivity index (χ0) is 22.3. The maximum Gasteiger partial charge on any atom is 0.337 e. The van der Waals surface area contributed by atoms with Gasteiger partial charge in [-0.25, -0.2) is 4.79 Å². The number of amides is 1. The normalized spacial score (nSPS) is 30.6. The first-order valence-electron chi connectivity index (χ1n) is 11.4. The molecule has 31 heavy (non-hydrogen) atoms. The fourth-order valence-electron chi connectivity index (χ4n) is 6.29. The topological polar surface area (TPSA) is 59.1 Å². The summed E-state index contributed by atoms with van der Waals surface area (Å²) in [5.74, 6) is 0.189. The van der Waals surface area contributed by atoms with Gasteiger partial charge in [0, 0.05) is 24.3 Å². The standard InChI is InChI=1S/C25H34N2O4/c1-6-17-14-26-12-11-25(22(26)13-18(17)19(15-30-4)23(28)31-5)20-9-7-8-10-21(20)27(16(2)3)24(25)29/h7-10,15-18,22H,6,11-14H2,1-5H3/b19-15+/t17-,18-,22-,25+/m0/s1. The summed E-state index contributed by atoms with van der Waals surface area (Å²) in [5.41, 5.74) is 2.22. The van der Waals surface area contributed by atoms with Crippen LogP contribution in [0.25, 0.3) is 0 Å². The Bertz CT molecular complexity index is 895. The van der Waals surface area contributed by atoms with Gasteiger partial charge in [-0.3, -0.25) is 9.69 Å². The van der Waals surface area contributed by atoms with Crippen molar-refractivity contribution in [3.8, 4) is 0 Å². The second kappa shape index (κ2) is 8.30. The van der Waals surface area contributed by atoms with E-state index in [1.165, 1.54) is 7.11 Å². The highest BCUT2D eigenvalue weighted by Crippen LogP contribution is 2.55. The zero-order valence-electron chi connectivity index (χ0n) is 19.3. The number of ether oxygens (including phenoxy) is 2. The minimum absolute atomic E-state index is 0.00156. The average Bonchev–Trinajstić information content (AvgIpc) is 3.27. The van der Waals surface area contributed by atoms with Gasteiger partial charge in [0.2, 0.25) is 5.91 Å². The summed E-state index contributed by atoms with van der Waals surface area (Å²) in [7, 11) is 2.98. The number of fused-ring (bicyclic) bond motifs is 4. The van der Waals surface area contributed by atoms with E-state index in [0.29, 0.717) is 11.5 Å². The number of benzene rings is 1. The predicted octanol–water partition coefficient (Wildman–Crippen LogP) is 3.50. The molecule has 6 heteroatoms. The molecule has 0 N–H and O–H groups in total. The van der Waals surface area contributed by atoms with Gasteiger partial charge in [-0.2, -0.15) is 0 Å². The maximum atomic E-state index is 14.0. The number of hydrogen-bond acceptors (Lipinski definition) is 5. The Morgan fingerprint density at radius 3 is 2.68 bits per heavy atom. The van der Waals surface area contributed by atoms with E-state index in [-0.39, 0.29) is 29.9 Å². The lowest BCUT2D eigenvalue weighted by Gasteiger charge is -2.45. The summed E-state index contributed by atoms with van der Waals surface area (Å²) < 4.78 is 10.4. The van der Waals surface area contributed by atoms with Gasteiger partial charge in [0.1, 0.15) is 0 Å². The second-order valence-electron chi connectivity index (χ2n) is 9.33. The Hall–Kier alpha value is -2.34. The molecule has 3 heterocycles. The summed E-state index contributed by atoms with van der Waals surface area (Å²) in [6.45, 7) is 8.11. The van der Waals surface area contributed by atoms with Crippen LogP contribution >= 0.6 is 0 Å². The van der Waals surface area contributed by atoms with Crippen LogP contribution in [0.2, 0.25) is 0 Å². The van der Waals surface area contributed by atoms with Gasteiger partial charge >= 0.3 is 5.97 Å². The van der Waals surface area contributed by atoms with E-state index in [1.54, 1.807) is 13.4 Å². The molecule has 0 radical (unpaired) electrons. The zero-order valence-corrected chi connectivity index (χ0v) is 19.3. The highest BCUT2D eigenvalue weighted by atomic mass is 16.5. The third-order valence-corrected chi connectivity index (χ3v) is 7.67. The average molecular weight is 427 g/mol. The monoisotopic (exact) mass is 426 g/mol. The molecule has 0 aliphatic carbocycles. The third kappa shape index (κ3) is 3.18. The van der Waals surface area contributed by atoms with E-state index in [2.05, 4.69) is 37.8 Å². The molecule has 0 unspecified atom stereocenters. The molecule has 0 saturated carbocycles. The highest BCUT2D eigenvalue weighted by molar-refractivity contribution is 6.09. The molecule has 6 nitrogen and oxygen atoms in total. The number of anilines is 1. The van der Waals surface area contributed by atoms with Crippen LogP contribution in [0.5, 0.6) is 0 Å². The molecule has 3 aliphatic rings. The van der Waals surface area contributed by atoms with Gasteiger partial charge in [-0.05, 0) is 56.7 Å². The van der Waals surface area contributed by atoms with Gasteiger partial charge in [0.05, 0.1) is 31.5 Å². The van der Waals surface area contributed by atoms with Crippen LogP contribution in [0.1, 0.15) is 45.6 Å². The van der Waals surface area contributed by atoms with Crippen molar-refractivity contribution >= 4 is 17.6 Å². The molecular formula is C25H34N2O4. The van der Waals surface area contributed by atoms with Crippen molar-refractivity contribution in [2.45, 2.75) is 57.5 Å². The molecule has 1 amide bonds. The largest absolute Gasteiger partial charge is 0.504 e. The molecule has 2 saturated heterocycles. The SMILES string of the molecule is CC[C@H]1CN2CC[C@]3(C(=O)N(C(C)C)c4ccccc43)[C@@H]2C[C@@H]1/C(=C\OC)C(=O)OC. The Morgan fingerprint density at radius 1 is 1.29 bits per heavy atom. The van der Waals surface area contributed by atoms with Crippen molar-refractivity contribution in [2.75, 3.05) is 32.2 Å². The van der Waals surface area contributed by atoms with Crippen molar-refractivity contribution in [3.05, 3.63) is 41.7 Å². The van der Waals surface area contributed by atoms with E-state index in [4.69, 9.17) is 9.47 Å². The molecule has 1 aromatic rings. The Kier molecular flexibility index (Phi) is 5.86. The Morgan fingerprint density at radius 2 is 2.03 bits per heavy atom. The fraction of sp³-hybridized carbons (Fsp3) is 0.600. The van der Waals surface area contributed by atoms with E-state index in [1.807, 2.05) is 17.0 Å². The lowest BCUT2D eigenvalue weighted by Crippen LogP contribution is -2.55. The molecular weight excluding hydrogens is 392 g/mol. The van der Waals surface area contributed by atoms with Crippen molar-refractivity contribution in [1.82, 2.24) is 4.90 Å². The summed E-state index contributed by atoms with van der Waals surface area (Å²) in [6, 6.07) is 8.42. The van der Waals surface area contributed by atoms with Crippen molar-refractivity contribution in [1.29, 1.82) is 0 Å².